The van der Waals surface area contributed by atoms with Crippen molar-refractivity contribution in [1.29, 1.82) is 0 Å². The second kappa shape index (κ2) is 14.2. The molecule has 2 aromatic carbocycles. The third-order valence-electron chi connectivity index (χ3n) is 6.24. The third-order valence-corrected chi connectivity index (χ3v) is 6.24. The first kappa shape index (κ1) is 29.5. The van der Waals surface area contributed by atoms with Crippen LogP contribution < -0.4 is 21.8 Å². The average Bonchev–Trinajstić information content (AvgIpc) is 2.90. The summed E-state index contributed by atoms with van der Waals surface area (Å²) in [5.41, 5.74) is 10.1. The molecule has 7 N–H and O–H groups in total. The number of nitrogens with one attached hydrogen (secondary N) is 3. The van der Waals surface area contributed by atoms with Crippen LogP contribution in [0.15, 0.2) is 66.7 Å². The van der Waals surface area contributed by atoms with E-state index < -0.39 is 36.1 Å². The number of aromatic nitrogens is 1. The number of hydrogen-bond donors (Lipinski definition) is 6. The molecule has 0 saturated heterocycles. The van der Waals surface area contributed by atoms with Crippen LogP contribution in [-0.4, -0.2) is 68.9 Å². The van der Waals surface area contributed by atoms with Crippen LogP contribution in [0.4, 0.5) is 4.79 Å². The van der Waals surface area contributed by atoms with Crippen LogP contribution in [0.25, 0.3) is 10.9 Å². The molecule has 39 heavy (non-hydrogen) atoms. The Labute approximate surface area is 227 Å². The van der Waals surface area contributed by atoms with Gasteiger partial charge in [0.2, 0.25) is 11.8 Å². The monoisotopic (exact) mass is 536 g/mol. The van der Waals surface area contributed by atoms with Gasteiger partial charge < -0.3 is 21.3 Å². The number of rotatable bonds is 14. The van der Waals surface area contributed by atoms with E-state index in [1.165, 1.54) is 5.01 Å². The van der Waals surface area contributed by atoms with Gasteiger partial charge in [-0.3, -0.25) is 25.3 Å². The molecule has 11 heteroatoms. The Morgan fingerprint density at radius 1 is 1.00 bits per heavy atom. The Morgan fingerprint density at radius 2 is 1.69 bits per heavy atom. The van der Waals surface area contributed by atoms with Crippen LogP contribution in [0, 0.1) is 0 Å². The van der Waals surface area contributed by atoms with Gasteiger partial charge in [0.1, 0.15) is 0 Å². The number of carbonyl (C=O) groups is 3. The van der Waals surface area contributed by atoms with Gasteiger partial charge in [-0.15, -0.1) is 0 Å². The Morgan fingerprint density at radius 3 is 2.36 bits per heavy atom. The predicted octanol–water partition coefficient (Wildman–Crippen LogP) is 1.55. The van der Waals surface area contributed by atoms with Gasteiger partial charge >= 0.3 is 6.09 Å². The Kier molecular flexibility index (Phi) is 10.7. The largest absolute Gasteiger partial charge is 0.464 e. The SMILES string of the molecule is CC(C)N(C[C@@H](O)[C@H](Cc1ccccc1)NC(=O)[C@H](CC(N)=O)NCc1ccc2ccccc2n1)NC(=O)O. The summed E-state index contributed by atoms with van der Waals surface area (Å²) in [5, 5.41) is 28.6. The van der Waals surface area contributed by atoms with Crippen LogP contribution in [-0.2, 0) is 22.6 Å². The number of carbonyl (C=O) groups excluding carboxylic acids is 2. The fourth-order valence-electron chi connectivity index (χ4n) is 4.16. The lowest BCUT2D eigenvalue weighted by Gasteiger charge is -2.32. The lowest BCUT2D eigenvalue weighted by molar-refractivity contribution is -0.128. The van der Waals surface area contributed by atoms with Crippen molar-refractivity contribution in [2.75, 3.05) is 6.54 Å². The summed E-state index contributed by atoms with van der Waals surface area (Å²) in [4.78, 5) is 41.0. The van der Waals surface area contributed by atoms with E-state index in [2.05, 4.69) is 21.0 Å². The molecule has 0 aliphatic rings. The van der Waals surface area contributed by atoms with Crippen molar-refractivity contribution < 1.29 is 24.6 Å². The number of fused-ring (bicyclic) bond motifs is 1. The first-order valence-corrected chi connectivity index (χ1v) is 12.8. The normalized spacial score (nSPS) is 13.7. The molecule has 11 nitrogen and oxygen atoms in total. The molecular formula is C28H36N6O5. The number of amides is 3. The van der Waals surface area contributed by atoms with Crippen molar-refractivity contribution in [2.24, 2.45) is 5.73 Å². The number of aliphatic hydroxyl groups excluding tert-OH is 1. The zero-order chi connectivity index (χ0) is 28.4. The van der Waals surface area contributed by atoms with E-state index in [1.54, 1.807) is 13.8 Å². The fourth-order valence-corrected chi connectivity index (χ4v) is 4.16. The van der Waals surface area contributed by atoms with Gasteiger partial charge in [0.05, 0.1) is 35.8 Å². The van der Waals surface area contributed by atoms with Crippen LogP contribution >= 0.6 is 0 Å². The van der Waals surface area contributed by atoms with E-state index in [0.29, 0.717) is 5.69 Å². The molecule has 0 unspecified atom stereocenters. The van der Waals surface area contributed by atoms with Gasteiger partial charge in [0.15, 0.2) is 0 Å². The summed E-state index contributed by atoms with van der Waals surface area (Å²) < 4.78 is 0. The van der Waals surface area contributed by atoms with Gasteiger partial charge in [0, 0.05) is 24.5 Å². The van der Waals surface area contributed by atoms with Crippen molar-refractivity contribution in [3.8, 4) is 0 Å². The van der Waals surface area contributed by atoms with E-state index in [-0.39, 0.29) is 32.0 Å². The van der Waals surface area contributed by atoms with Gasteiger partial charge in [-0.05, 0) is 38.0 Å². The molecule has 3 amide bonds. The quantitative estimate of drug-likeness (QED) is 0.169. The number of hydrogen-bond acceptors (Lipinski definition) is 7. The molecule has 0 fully saturated rings. The summed E-state index contributed by atoms with van der Waals surface area (Å²) in [5.74, 6) is -1.18. The number of nitrogens with zero attached hydrogens (tertiary/aromatic N) is 2. The number of carboxylic acid groups (broad SMARTS) is 1. The molecule has 0 saturated carbocycles. The van der Waals surface area contributed by atoms with Gasteiger partial charge in [-0.2, -0.15) is 0 Å². The highest BCUT2D eigenvalue weighted by Gasteiger charge is 2.29. The van der Waals surface area contributed by atoms with E-state index in [9.17, 15) is 24.6 Å². The number of pyridine rings is 1. The third kappa shape index (κ3) is 9.32. The maximum Gasteiger partial charge on any atom is 0.419 e. The molecule has 1 heterocycles. The van der Waals surface area contributed by atoms with E-state index in [0.717, 1.165) is 16.5 Å². The smallest absolute Gasteiger partial charge is 0.419 e. The molecule has 0 spiro atoms. The number of aliphatic hydroxyl groups is 1. The molecule has 3 aromatic rings. The maximum atomic E-state index is 13.4. The minimum Gasteiger partial charge on any atom is -0.464 e. The molecule has 0 aliphatic heterocycles. The molecule has 0 radical (unpaired) electrons. The molecular weight excluding hydrogens is 500 g/mol. The Bertz CT molecular complexity index is 1260. The number of primary amides is 1. The highest BCUT2D eigenvalue weighted by Crippen LogP contribution is 2.13. The maximum absolute atomic E-state index is 13.4. The second-order valence-corrected chi connectivity index (χ2v) is 9.63. The van der Waals surface area contributed by atoms with Gasteiger partial charge in [0.25, 0.3) is 0 Å². The summed E-state index contributed by atoms with van der Waals surface area (Å²) in [6, 6.07) is 18.7. The molecule has 3 atom stereocenters. The lowest BCUT2D eigenvalue weighted by Crippen LogP contribution is -2.57. The average molecular weight is 537 g/mol. The Balaban J connectivity index is 1.76. The van der Waals surface area contributed by atoms with E-state index in [4.69, 9.17) is 5.73 Å². The molecule has 1 aromatic heterocycles. The number of nitrogens with two attached hydrogens (primary N) is 1. The lowest BCUT2D eigenvalue weighted by atomic mass is 10.00. The van der Waals surface area contributed by atoms with Crippen LogP contribution in [0.5, 0.6) is 0 Å². The summed E-state index contributed by atoms with van der Waals surface area (Å²) >= 11 is 0. The highest BCUT2D eigenvalue weighted by atomic mass is 16.4. The predicted molar refractivity (Wildman–Crippen MR) is 147 cm³/mol. The summed E-state index contributed by atoms with van der Waals surface area (Å²) in [7, 11) is 0. The van der Waals surface area contributed by atoms with Crippen molar-refractivity contribution in [2.45, 2.75) is 57.5 Å². The van der Waals surface area contributed by atoms with E-state index in [1.807, 2.05) is 66.7 Å². The highest BCUT2D eigenvalue weighted by molar-refractivity contribution is 5.88. The summed E-state index contributed by atoms with van der Waals surface area (Å²) in [6.45, 7) is 3.70. The number of para-hydroxylation sites is 1. The minimum absolute atomic E-state index is 0.0727. The van der Waals surface area contributed by atoms with Crippen molar-refractivity contribution >= 4 is 28.8 Å². The Hall–Kier alpha value is -4.06. The van der Waals surface area contributed by atoms with Crippen LogP contribution in [0.1, 0.15) is 31.5 Å². The van der Waals surface area contributed by atoms with Crippen molar-refractivity contribution in [3.05, 3.63) is 78.0 Å². The first-order valence-electron chi connectivity index (χ1n) is 12.8. The number of benzene rings is 2. The van der Waals surface area contributed by atoms with Gasteiger partial charge in [-0.1, -0.05) is 54.6 Å². The van der Waals surface area contributed by atoms with Gasteiger partial charge in [-0.25, -0.2) is 9.80 Å². The molecule has 3 rings (SSSR count). The summed E-state index contributed by atoms with van der Waals surface area (Å²) in [6.07, 6.45) is -2.37. The van der Waals surface area contributed by atoms with Crippen LogP contribution in [0.2, 0.25) is 0 Å². The zero-order valence-electron chi connectivity index (χ0n) is 22.1. The van der Waals surface area contributed by atoms with E-state index >= 15 is 0 Å². The molecule has 0 aliphatic carbocycles. The molecule has 208 valence electrons. The second-order valence-electron chi connectivity index (χ2n) is 9.63. The zero-order valence-corrected chi connectivity index (χ0v) is 22.1. The first-order chi connectivity index (χ1) is 18.6. The van der Waals surface area contributed by atoms with Crippen molar-refractivity contribution in [3.63, 3.8) is 0 Å². The topological polar surface area (TPSA) is 170 Å². The van der Waals surface area contributed by atoms with Crippen molar-refractivity contribution in [1.82, 2.24) is 26.1 Å². The minimum atomic E-state index is -1.26. The number of hydrazine groups is 1. The fraction of sp³-hybridized carbons (Fsp3) is 0.357. The standard InChI is InChI=1S/C28H36N6O5/c1-18(2)34(33-28(38)39)17-25(35)23(14-19-8-4-3-5-9-19)32-27(37)24(15-26(29)36)30-16-21-13-12-20-10-6-7-11-22(20)31-21/h3-13,18,23-25,30,33,35H,14-17H2,1-2H3,(H2,29,36)(H,32,37)(H,38,39)/t23-,24-,25+/m0/s1. The van der Waals surface area contributed by atoms with Crippen LogP contribution in [0.3, 0.4) is 0 Å². The molecule has 0 bridgehead atoms.